The Bertz CT molecular complexity index is 1680. The molecule has 0 saturated carbocycles. The molecule has 0 aliphatic carbocycles. The molecule has 0 bridgehead atoms. The highest BCUT2D eigenvalue weighted by molar-refractivity contribution is 9.10. The van der Waals surface area contributed by atoms with E-state index in [4.69, 9.17) is 9.47 Å². The van der Waals surface area contributed by atoms with Crippen molar-refractivity contribution in [1.82, 2.24) is 20.1 Å². The second kappa shape index (κ2) is 11.1. The second-order valence-corrected chi connectivity index (χ2v) is 11.0. The lowest BCUT2D eigenvalue weighted by molar-refractivity contribution is 0.0926. The Hall–Kier alpha value is -3.83. The van der Waals surface area contributed by atoms with Gasteiger partial charge in [0.25, 0.3) is 11.5 Å². The van der Waals surface area contributed by atoms with Crippen molar-refractivity contribution in [1.29, 1.82) is 0 Å². The number of nitrogens with one attached hydrogen (secondary N) is 2. The largest absolute Gasteiger partial charge is 0.496 e. The molecule has 0 spiro atoms. The van der Waals surface area contributed by atoms with E-state index in [1.807, 2.05) is 38.1 Å². The first kappa shape index (κ1) is 26.8. The normalized spacial score (nSPS) is 14.4. The van der Waals surface area contributed by atoms with Gasteiger partial charge in [-0.2, -0.15) is 9.78 Å². The SMILES string of the molecule is COc1ccc(Oc2c(C)cc(-n3nc(C(=O)NC4CCSc5ccccc54)c(=O)[nH]c3=O)cc2C)cc1Br. The van der Waals surface area contributed by atoms with Gasteiger partial charge in [-0.15, -0.1) is 11.8 Å². The summed E-state index contributed by atoms with van der Waals surface area (Å²) in [5.41, 5.74) is 0.885. The molecule has 11 heteroatoms. The lowest BCUT2D eigenvalue weighted by Crippen LogP contribution is -2.40. The number of hydrogen-bond donors (Lipinski definition) is 2. The highest BCUT2D eigenvalue weighted by Crippen LogP contribution is 2.36. The molecule has 1 aromatic heterocycles. The number of hydrogen-bond acceptors (Lipinski definition) is 7. The van der Waals surface area contributed by atoms with Crippen LogP contribution in [0, 0.1) is 13.8 Å². The Balaban J connectivity index is 1.44. The Morgan fingerprint density at radius 3 is 2.59 bits per heavy atom. The fourth-order valence-corrected chi connectivity index (χ4v) is 6.13. The van der Waals surface area contributed by atoms with Crippen LogP contribution in [0.25, 0.3) is 5.69 Å². The highest BCUT2D eigenvalue weighted by Gasteiger charge is 2.25. The van der Waals surface area contributed by atoms with Crippen molar-refractivity contribution in [2.75, 3.05) is 12.9 Å². The molecule has 1 amide bonds. The van der Waals surface area contributed by atoms with Gasteiger partial charge >= 0.3 is 5.69 Å². The number of thioether (sulfide) groups is 1. The highest BCUT2D eigenvalue weighted by atomic mass is 79.9. The monoisotopic (exact) mass is 608 g/mol. The van der Waals surface area contributed by atoms with Gasteiger partial charge in [-0.1, -0.05) is 18.2 Å². The van der Waals surface area contributed by atoms with Gasteiger partial charge in [-0.05, 0) is 89.3 Å². The average molecular weight is 610 g/mol. The van der Waals surface area contributed by atoms with Gasteiger partial charge in [-0.3, -0.25) is 14.6 Å². The number of benzene rings is 3. The van der Waals surface area contributed by atoms with E-state index in [9.17, 15) is 14.4 Å². The minimum atomic E-state index is -0.842. The summed E-state index contributed by atoms with van der Waals surface area (Å²) in [5.74, 6) is 2.09. The predicted molar refractivity (Wildman–Crippen MR) is 153 cm³/mol. The molecule has 0 fully saturated rings. The van der Waals surface area contributed by atoms with Crippen molar-refractivity contribution in [3.63, 3.8) is 0 Å². The van der Waals surface area contributed by atoms with Gasteiger partial charge in [0.15, 0.2) is 0 Å². The van der Waals surface area contributed by atoms with Gasteiger partial charge in [0.2, 0.25) is 5.69 Å². The third kappa shape index (κ3) is 5.50. The number of nitrogens with zero attached hydrogens (tertiary/aromatic N) is 2. The van der Waals surface area contributed by atoms with Crippen LogP contribution in [-0.4, -0.2) is 33.5 Å². The van der Waals surface area contributed by atoms with Crippen molar-refractivity contribution in [3.05, 3.63) is 102 Å². The van der Waals surface area contributed by atoms with Crippen LogP contribution < -0.4 is 26.0 Å². The first-order chi connectivity index (χ1) is 18.7. The average Bonchev–Trinajstić information content (AvgIpc) is 2.91. The number of aryl methyl sites for hydroxylation is 2. The number of ether oxygens (including phenoxy) is 2. The minimum absolute atomic E-state index is 0.254. The molecule has 1 aliphatic rings. The quantitative estimate of drug-likeness (QED) is 0.314. The summed E-state index contributed by atoms with van der Waals surface area (Å²) in [6.45, 7) is 3.68. The number of aromatic nitrogens is 3. The summed E-state index contributed by atoms with van der Waals surface area (Å²) in [4.78, 5) is 41.8. The minimum Gasteiger partial charge on any atom is -0.496 e. The zero-order valence-corrected chi connectivity index (χ0v) is 23.8. The smallest absolute Gasteiger partial charge is 0.349 e. The first-order valence-corrected chi connectivity index (χ1v) is 13.9. The molecule has 1 unspecified atom stereocenters. The number of carbonyl (C=O) groups excluding carboxylic acids is 1. The molecule has 2 N–H and O–H groups in total. The summed E-state index contributed by atoms with van der Waals surface area (Å²) in [5, 5.41) is 7.09. The van der Waals surface area contributed by atoms with Gasteiger partial charge in [0, 0.05) is 10.6 Å². The molecular formula is C28H25BrN4O5S. The molecule has 0 saturated heterocycles. The maximum Gasteiger partial charge on any atom is 0.349 e. The fourth-order valence-electron chi connectivity index (χ4n) is 4.48. The molecule has 4 aromatic rings. The Morgan fingerprint density at radius 2 is 1.87 bits per heavy atom. The number of H-pyrrole nitrogens is 1. The van der Waals surface area contributed by atoms with Gasteiger partial charge in [0.05, 0.1) is 23.3 Å². The van der Waals surface area contributed by atoms with Gasteiger partial charge in [0.1, 0.15) is 17.2 Å². The maximum absolute atomic E-state index is 13.2. The standard InChI is InChI=1S/C28H25BrN4O5S/c1-15-12-17(13-16(2)25(15)38-18-8-9-22(37-3)20(29)14-18)33-28(36)31-27(35)24(32-33)26(34)30-21-10-11-39-23-7-5-4-6-19(21)23/h4-9,12-14,21H,10-11H2,1-3H3,(H,30,34)(H,31,35,36). The summed E-state index contributed by atoms with van der Waals surface area (Å²) in [6.07, 6.45) is 0.718. The number of amides is 1. The van der Waals surface area contributed by atoms with Crippen LogP contribution in [0.2, 0.25) is 0 Å². The maximum atomic E-state index is 13.2. The van der Waals surface area contributed by atoms with Crippen molar-refractivity contribution in [2.45, 2.75) is 31.2 Å². The second-order valence-electron chi connectivity index (χ2n) is 9.03. The van der Waals surface area contributed by atoms with Crippen LogP contribution in [0.1, 0.15) is 39.6 Å². The van der Waals surface area contributed by atoms with Crippen molar-refractivity contribution < 1.29 is 14.3 Å². The van der Waals surface area contributed by atoms with E-state index in [0.717, 1.165) is 42.9 Å². The molecule has 9 nitrogen and oxygen atoms in total. The van der Waals surface area contributed by atoms with E-state index in [-0.39, 0.29) is 11.7 Å². The predicted octanol–water partition coefficient (Wildman–Crippen LogP) is 5.07. The van der Waals surface area contributed by atoms with Gasteiger partial charge in [-0.25, -0.2) is 4.79 Å². The summed E-state index contributed by atoms with van der Waals surface area (Å²) >= 11 is 5.19. The third-order valence-electron chi connectivity index (χ3n) is 6.34. The topological polar surface area (TPSA) is 115 Å². The zero-order valence-electron chi connectivity index (χ0n) is 21.4. The summed E-state index contributed by atoms with van der Waals surface area (Å²) < 4.78 is 13.2. The first-order valence-electron chi connectivity index (χ1n) is 12.1. The number of carbonyl (C=O) groups is 1. The number of halogens is 1. The molecule has 5 rings (SSSR count). The Morgan fingerprint density at radius 1 is 1.13 bits per heavy atom. The van der Waals surface area contributed by atoms with Crippen molar-refractivity contribution >= 4 is 33.6 Å². The van der Waals surface area contributed by atoms with Crippen LogP contribution in [0.3, 0.4) is 0 Å². The molecule has 2 heterocycles. The number of aromatic amines is 1. The van der Waals surface area contributed by atoms with Crippen LogP contribution >= 0.6 is 27.7 Å². The van der Waals surface area contributed by atoms with E-state index in [0.29, 0.717) is 22.9 Å². The fraction of sp³-hybridized carbons (Fsp3) is 0.214. The van der Waals surface area contributed by atoms with E-state index in [2.05, 4.69) is 31.3 Å². The van der Waals surface area contributed by atoms with Crippen LogP contribution in [0.5, 0.6) is 17.2 Å². The van der Waals surface area contributed by atoms with E-state index < -0.39 is 17.2 Å². The van der Waals surface area contributed by atoms with Crippen molar-refractivity contribution in [3.8, 4) is 22.9 Å². The molecule has 1 aliphatic heterocycles. The van der Waals surface area contributed by atoms with Crippen molar-refractivity contribution in [2.24, 2.45) is 0 Å². The zero-order chi connectivity index (χ0) is 27.7. The number of rotatable bonds is 6. The molecule has 39 heavy (non-hydrogen) atoms. The van der Waals surface area contributed by atoms with Crippen LogP contribution in [0.4, 0.5) is 0 Å². The molecule has 0 radical (unpaired) electrons. The van der Waals surface area contributed by atoms with Crippen LogP contribution in [0.15, 0.2) is 73.6 Å². The van der Waals surface area contributed by atoms with Crippen LogP contribution in [-0.2, 0) is 0 Å². The summed E-state index contributed by atoms with van der Waals surface area (Å²) in [7, 11) is 1.59. The molecule has 3 aromatic carbocycles. The lowest BCUT2D eigenvalue weighted by Gasteiger charge is -2.25. The molecule has 1 atom stereocenters. The van der Waals surface area contributed by atoms with Gasteiger partial charge < -0.3 is 14.8 Å². The molecule has 200 valence electrons. The molecular weight excluding hydrogens is 584 g/mol. The van der Waals surface area contributed by atoms with E-state index in [1.54, 1.807) is 49.2 Å². The Kier molecular flexibility index (Phi) is 7.62. The lowest BCUT2D eigenvalue weighted by atomic mass is 10.0. The van der Waals surface area contributed by atoms with E-state index >= 15 is 0 Å². The number of methoxy groups -OCH3 is 1. The summed E-state index contributed by atoms with van der Waals surface area (Å²) in [6, 6.07) is 16.4. The Labute approximate surface area is 236 Å². The third-order valence-corrected chi connectivity index (χ3v) is 8.08. The number of fused-ring (bicyclic) bond motifs is 1. The van der Waals surface area contributed by atoms with E-state index in [1.165, 1.54) is 0 Å².